The van der Waals surface area contributed by atoms with Crippen LogP contribution < -0.4 is 0 Å². The van der Waals surface area contributed by atoms with Crippen LogP contribution in [0, 0.1) is 12.8 Å². The van der Waals surface area contributed by atoms with E-state index in [2.05, 4.69) is 5.10 Å². The van der Waals surface area contributed by atoms with Crippen molar-refractivity contribution >= 4 is 11.6 Å². The number of aryl methyl sites for hydroxylation is 2. The second-order valence-electron chi connectivity index (χ2n) is 5.03. The molecule has 1 aromatic rings. The molecule has 0 aliphatic heterocycles. The first-order valence-corrected chi connectivity index (χ1v) is 6.66. The first-order valence-electron chi connectivity index (χ1n) is 6.28. The maximum Gasteiger partial charge on any atom is 0.0958 e. The van der Waals surface area contributed by atoms with E-state index < -0.39 is 5.60 Å². The Kier molecular flexibility index (Phi) is 5.20. The summed E-state index contributed by atoms with van der Waals surface area (Å²) >= 11 is 6.27. The van der Waals surface area contributed by atoms with Crippen molar-refractivity contribution in [2.45, 2.75) is 46.3 Å². The Labute approximate surface area is 114 Å². The van der Waals surface area contributed by atoms with Crippen molar-refractivity contribution in [2.75, 3.05) is 13.7 Å². The molecule has 4 nitrogen and oxygen atoms in total. The average Bonchev–Trinajstić information content (AvgIpc) is 2.57. The van der Waals surface area contributed by atoms with E-state index in [-0.39, 0.29) is 12.5 Å². The van der Waals surface area contributed by atoms with Gasteiger partial charge in [-0.3, -0.25) is 4.68 Å². The van der Waals surface area contributed by atoms with Crippen LogP contribution in [0.3, 0.4) is 0 Å². The van der Waals surface area contributed by atoms with Crippen molar-refractivity contribution in [3.05, 3.63) is 16.4 Å². The monoisotopic (exact) mass is 274 g/mol. The summed E-state index contributed by atoms with van der Waals surface area (Å²) in [6, 6.07) is 0. The molecule has 0 saturated heterocycles. The minimum atomic E-state index is -0.919. The molecule has 0 amide bonds. The summed E-state index contributed by atoms with van der Waals surface area (Å²) in [6.07, 6.45) is 0.450. The van der Waals surface area contributed by atoms with Crippen molar-refractivity contribution in [3.63, 3.8) is 0 Å². The van der Waals surface area contributed by atoms with Gasteiger partial charge in [0.1, 0.15) is 0 Å². The first kappa shape index (κ1) is 15.5. The average molecular weight is 275 g/mol. The van der Waals surface area contributed by atoms with Crippen LogP contribution >= 0.6 is 11.6 Å². The third-order valence-corrected chi connectivity index (χ3v) is 3.89. The van der Waals surface area contributed by atoms with E-state index in [1.54, 1.807) is 7.11 Å². The molecule has 1 heterocycles. The second-order valence-corrected chi connectivity index (χ2v) is 5.41. The fourth-order valence-corrected chi connectivity index (χ4v) is 2.20. The first-order chi connectivity index (χ1) is 8.35. The van der Waals surface area contributed by atoms with E-state index in [0.717, 1.165) is 17.9 Å². The van der Waals surface area contributed by atoms with Crippen molar-refractivity contribution in [2.24, 2.45) is 5.92 Å². The van der Waals surface area contributed by atoms with E-state index in [0.29, 0.717) is 11.4 Å². The lowest BCUT2D eigenvalue weighted by molar-refractivity contribution is -0.0648. The highest BCUT2D eigenvalue weighted by Gasteiger charge is 2.34. The largest absolute Gasteiger partial charge is 0.387 e. The van der Waals surface area contributed by atoms with Crippen LogP contribution in [-0.4, -0.2) is 34.2 Å². The number of nitrogens with zero attached hydrogens (tertiary/aromatic N) is 2. The number of aliphatic hydroxyl groups is 1. The van der Waals surface area contributed by atoms with Gasteiger partial charge in [0.25, 0.3) is 0 Å². The molecule has 5 heteroatoms. The highest BCUT2D eigenvalue weighted by molar-refractivity contribution is 6.31. The Morgan fingerprint density at radius 1 is 1.50 bits per heavy atom. The third-order valence-electron chi connectivity index (χ3n) is 3.40. The van der Waals surface area contributed by atoms with Gasteiger partial charge in [-0.25, -0.2) is 0 Å². The Hall–Kier alpha value is -0.580. The number of ether oxygens (including phenoxy) is 1. The summed E-state index contributed by atoms with van der Waals surface area (Å²) in [5, 5.41) is 15.7. The number of hydrogen-bond acceptors (Lipinski definition) is 3. The van der Waals surface area contributed by atoms with Crippen LogP contribution in [0.1, 0.15) is 32.2 Å². The highest BCUT2D eigenvalue weighted by Crippen LogP contribution is 2.28. The molecule has 0 spiro atoms. The van der Waals surface area contributed by atoms with Crippen molar-refractivity contribution < 1.29 is 9.84 Å². The van der Waals surface area contributed by atoms with Crippen LogP contribution in [0.25, 0.3) is 0 Å². The summed E-state index contributed by atoms with van der Waals surface area (Å²) in [4.78, 5) is 0. The van der Waals surface area contributed by atoms with E-state index in [1.165, 1.54) is 0 Å². The molecule has 1 unspecified atom stereocenters. The molecule has 0 fully saturated rings. The molecule has 0 aliphatic carbocycles. The minimum absolute atomic E-state index is 0.0778. The van der Waals surface area contributed by atoms with E-state index in [9.17, 15) is 5.11 Å². The SMILES string of the molecule is CCn1nc(C)c(Cl)c1CC(O)(COC)C(C)C. The van der Waals surface area contributed by atoms with Gasteiger partial charge in [0.15, 0.2) is 0 Å². The lowest BCUT2D eigenvalue weighted by atomic mass is 9.86. The smallest absolute Gasteiger partial charge is 0.0958 e. The van der Waals surface area contributed by atoms with Gasteiger partial charge < -0.3 is 9.84 Å². The van der Waals surface area contributed by atoms with Gasteiger partial charge in [0, 0.05) is 20.1 Å². The second kappa shape index (κ2) is 6.04. The molecule has 1 rings (SSSR count). The van der Waals surface area contributed by atoms with Gasteiger partial charge in [-0.1, -0.05) is 25.4 Å². The normalized spacial score (nSPS) is 15.1. The summed E-state index contributed by atoms with van der Waals surface area (Å²) in [6.45, 7) is 8.87. The summed E-state index contributed by atoms with van der Waals surface area (Å²) in [7, 11) is 1.59. The van der Waals surface area contributed by atoms with Crippen LogP contribution in [0.2, 0.25) is 5.02 Å². The molecular formula is C13H23ClN2O2. The molecule has 0 aromatic carbocycles. The highest BCUT2D eigenvalue weighted by atomic mass is 35.5. The molecule has 1 aromatic heterocycles. The lowest BCUT2D eigenvalue weighted by Crippen LogP contribution is -2.42. The molecule has 1 N–H and O–H groups in total. The number of halogens is 1. The lowest BCUT2D eigenvalue weighted by Gasteiger charge is -2.31. The van der Waals surface area contributed by atoms with Crippen LogP contribution in [0.4, 0.5) is 0 Å². The van der Waals surface area contributed by atoms with Crippen LogP contribution in [-0.2, 0) is 17.7 Å². The Balaban J connectivity index is 3.07. The zero-order valence-corrected chi connectivity index (χ0v) is 12.6. The molecule has 1 atom stereocenters. The van der Waals surface area contributed by atoms with Gasteiger partial charge in [-0.15, -0.1) is 0 Å². The van der Waals surface area contributed by atoms with Crippen molar-refractivity contribution in [1.29, 1.82) is 0 Å². The van der Waals surface area contributed by atoms with E-state index in [1.807, 2.05) is 32.4 Å². The topological polar surface area (TPSA) is 47.3 Å². The number of aromatic nitrogens is 2. The van der Waals surface area contributed by atoms with Crippen LogP contribution in [0.5, 0.6) is 0 Å². The number of methoxy groups -OCH3 is 1. The zero-order chi connectivity index (χ0) is 13.9. The Morgan fingerprint density at radius 3 is 2.56 bits per heavy atom. The molecule has 0 aliphatic rings. The van der Waals surface area contributed by atoms with Gasteiger partial charge >= 0.3 is 0 Å². The van der Waals surface area contributed by atoms with Crippen LogP contribution in [0.15, 0.2) is 0 Å². The van der Waals surface area contributed by atoms with E-state index in [4.69, 9.17) is 16.3 Å². The van der Waals surface area contributed by atoms with Gasteiger partial charge in [-0.05, 0) is 19.8 Å². The summed E-state index contributed by atoms with van der Waals surface area (Å²) in [5.41, 5.74) is 0.764. The Morgan fingerprint density at radius 2 is 2.11 bits per heavy atom. The number of hydrogen-bond donors (Lipinski definition) is 1. The van der Waals surface area contributed by atoms with Gasteiger partial charge in [0.05, 0.1) is 28.6 Å². The number of rotatable bonds is 6. The van der Waals surface area contributed by atoms with Gasteiger partial charge in [-0.2, -0.15) is 5.10 Å². The molecule has 0 saturated carbocycles. The fraction of sp³-hybridized carbons (Fsp3) is 0.769. The summed E-state index contributed by atoms with van der Waals surface area (Å²) < 4.78 is 6.99. The standard InChI is InChI=1S/C13H23ClN2O2/c1-6-16-11(12(14)10(4)15-16)7-13(17,8-18-5)9(2)3/h9,17H,6-8H2,1-5H3. The molecule has 0 radical (unpaired) electrons. The van der Waals surface area contributed by atoms with E-state index >= 15 is 0 Å². The van der Waals surface area contributed by atoms with Crippen molar-refractivity contribution in [1.82, 2.24) is 9.78 Å². The van der Waals surface area contributed by atoms with Crippen molar-refractivity contribution in [3.8, 4) is 0 Å². The molecule has 18 heavy (non-hydrogen) atoms. The fourth-order valence-electron chi connectivity index (χ4n) is 2.00. The third kappa shape index (κ3) is 3.05. The quantitative estimate of drug-likeness (QED) is 0.867. The molecule has 0 bridgehead atoms. The minimum Gasteiger partial charge on any atom is -0.387 e. The predicted molar refractivity (Wildman–Crippen MR) is 73.0 cm³/mol. The maximum absolute atomic E-state index is 10.7. The predicted octanol–water partition coefficient (Wildman–Crippen LogP) is 2.44. The summed E-state index contributed by atoms with van der Waals surface area (Å²) in [5.74, 6) is 0.0778. The molecule has 104 valence electrons. The Bertz CT molecular complexity index is 404. The molecular weight excluding hydrogens is 252 g/mol. The van der Waals surface area contributed by atoms with Gasteiger partial charge in [0.2, 0.25) is 0 Å². The zero-order valence-electron chi connectivity index (χ0n) is 11.8. The maximum atomic E-state index is 10.7.